The predicted octanol–water partition coefficient (Wildman–Crippen LogP) is -6.79. The molecule has 12 heteroatoms. The molecular formula is C7H12Na2O10. The van der Waals surface area contributed by atoms with Gasteiger partial charge in [0, 0.05) is 0 Å². The van der Waals surface area contributed by atoms with Gasteiger partial charge >= 0.3 is 83.2 Å². The van der Waals surface area contributed by atoms with Gasteiger partial charge in [0.25, 0.3) is 0 Å². The van der Waals surface area contributed by atoms with E-state index in [2.05, 4.69) is 0 Å². The van der Waals surface area contributed by atoms with E-state index in [0.29, 0.717) is 0 Å². The van der Waals surface area contributed by atoms with Crippen molar-refractivity contribution in [3.63, 3.8) is 0 Å². The number of carboxylic acid groups (broad SMARTS) is 5. The van der Waals surface area contributed by atoms with Crippen LogP contribution in [-0.2, 0) is 14.4 Å². The van der Waals surface area contributed by atoms with Crippen LogP contribution in [0.4, 0.5) is 4.79 Å². The summed E-state index contributed by atoms with van der Waals surface area (Å²) in [7, 11) is 0. The zero-order valence-corrected chi connectivity index (χ0v) is 14.2. The topological polar surface area (TPSA) is 190 Å². The Morgan fingerprint density at radius 1 is 0.789 bits per heavy atom. The van der Waals surface area contributed by atoms with E-state index in [1.54, 1.807) is 0 Å². The second kappa shape index (κ2) is 12.7. The van der Waals surface area contributed by atoms with Crippen LogP contribution in [0.25, 0.3) is 0 Å². The zero-order valence-electron chi connectivity index (χ0n) is 12.2. The van der Waals surface area contributed by atoms with Crippen molar-refractivity contribution in [2.24, 2.45) is 0 Å². The first-order valence-corrected chi connectivity index (χ1v) is 3.82. The number of hydrogen-bond acceptors (Lipinski definition) is 5. The average Bonchev–Trinajstić information content (AvgIpc) is 1.98. The molecule has 0 unspecified atom stereocenters. The summed E-state index contributed by atoms with van der Waals surface area (Å²) in [5.74, 6) is -5.02. The maximum Gasteiger partial charge on any atom is 1.00 e. The van der Waals surface area contributed by atoms with Crippen LogP contribution in [0.1, 0.15) is 15.7 Å². The van der Waals surface area contributed by atoms with Gasteiger partial charge in [-0.2, -0.15) is 0 Å². The fourth-order valence-electron chi connectivity index (χ4n) is 0.714. The van der Waals surface area contributed by atoms with Gasteiger partial charge in [-0.1, -0.05) is 0 Å². The first-order chi connectivity index (χ1) is 7.51. The molecule has 0 aromatic rings. The molecule has 0 rings (SSSR count). The van der Waals surface area contributed by atoms with Gasteiger partial charge in [-0.15, -0.1) is 0 Å². The average molecular weight is 302 g/mol. The molecule has 0 saturated carbocycles. The Morgan fingerprint density at radius 3 is 1.11 bits per heavy atom. The Hall–Kier alpha value is -0.360. The third kappa shape index (κ3) is 17.6. The molecule has 19 heavy (non-hydrogen) atoms. The van der Waals surface area contributed by atoms with Crippen molar-refractivity contribution >= 4 is 24.1 Å². The molecule has 0 aliphatic heterocycles. The summed E-state index contributed by atoms with van der Waals surface area (Å²) < 4.78 is 0. The molecule has 0 heterocycles. The van der Waals surface area contributed by atoms with E-state index in [0.717, 1.165) is 0 Å². The summed E-state index contributed by atoms with van der Waals surface area (Å²) in [4.78, 5) is 39.0. The molecule has 0 atom stereocenters. The van der Waals surface area contributed by atoms with Crippen LogP contribution in [-0.4, -0.2) is 60.3 Å². The predicted molar refractivity (Wildman–Crippen MR) is 50.0 cm³/mol. The van der Waals surface area contributed by atoms with Crippen LogP contribution in [0.2, 0.25) is 0 Å². The van der Waals surface area contributed by atoms with E-state index < -0.39 is 42.5 Å². The third-order valence-corrected chi connectivity index (χ3v) is 1.29. The molecule has 0 spiro atoms. The molecule has 0 aromatic heterocycles. The molecule has 0 aromatic carbocycles. The standard InChI is InChI=1S/C6H8O7.CH2O3.2Na.2H/c7-3(8)1-6(13,5(11)12)2-4(9)10;2-1(3)4;;;;/h13H,1-2H2,(H,7,8)(H,9,10)(H,11,12);(H2,2,3,4);;;;/q;;2*+1;2*-1. The van der Waals surface area contributed by atoms with Crippen molar-refractivity contribution in [2.45, 2.75) is 18.4 Å². The molecule has 0 bridgehead atoms. The number of carbonyl (C=O) groups is 4. The van der Waals surface area contributed by atoms with Crippen LogP contribution in [0.15, 0.2) is 0 Å². The van der Waals surface area contributed by atoms with E-state index in [9.17, 15) is 14.4 Å². The number of carboxylic acids is 3. The van der Waals surface area contributed by atoms with Gasteiger partial charge < -0.3 is 33.5 Å². The van der Waals surface area contributed by atoms with Gasteiger partial charge in [0.1, 0.15) is 0 Å². The summed E-state index contributed by atoms with van der Waals surface area (Å²) in [6, 6.07) is 0. The van der Waals surface area contributed by atoms with Crippen LogP contribution >= 0.6 is 0 Å². The van der Waals surface area contributed by atoms with Crippen molar-refractivity contribution in [1.29, 1.82) is 0 Å². The Balaban J connectivity index is -0.0000000629. The molecule has 0 aliphatic rings. The van der Waals surface area contributed by atoms with Crippen molar-refractivity contribution in [3.8, 4) is 0 Å². The second-order valence-corrected chi connectivity index (χ2v) is 2.76. The Labute approximate surface area is 153 Å². The molecular weight excluding hydrogens is 290 g/mol. The monoisotopic (exact) mass is 302 g/mol. The van der Waals surface area contributed by atoms with Gasteiger partial charge in [0.15, 0.2) is 5.60 Å². The van der Waals surface area contributed by atoms with E-state index in [-0.39, 0.29) is 62.0 Å². The summed E-state index contributed by atoms with van der Waals surface area (Å²) in [5.41, 5.74) is -2.74. The summed E-state index contributed by atoms with van der Waals surface area (Å²) in [6.45, 7) is 0. The molecule has 0 aliphatic carbocycles. The molecule has 10 nitrogen and oxygen atoms in total. The SMILES string of the molecule is O=C(O)CC(O)(CC(=O)O)C(=O)O.O=C(O)O.[H-].[H-].[Na+].[Na+]. The summed E-state index contributed by atoms with van der Waals surface area (Å²) in [5, 5.41) is 47.8. The summed E-state index contributed by atoms with van der Waals surface area (Å²) >= 11 is 0. The minimum Gasteiger partial charge on any atom is -1.00 e. The number of aliphatic hydroxyl groups is 1. The van der Waals surface area contributed by atoms with E-state index in [1.165, 1.54) is 0 Å². The van der Waals surface area contributed by atoms with Gasteiger partial charge in [-0.25, -0.2) is 9.59 Å². The Morgan fingerprint density at radius 2 is 1.00 bits per heavy atom. The van der Waals surface area contributed by atoms with Crippen LogP contribution < -0.4 is 59.1 Å². The van der Waals surface area contributed by atoms with Crippen molar-refractivity contribution in [1.82, 2.24) is 0 Å². The first-order valence-electron chi connectivity index (χ1n) is 3.82. The van der Waals surface area contributed by atoms with Crippen molar-refractivity contribution in [3.05, 3.63) is 0 Å². The minimum absolute atomic E-state index is 0. The van der Waals surface area contributed by atoms with Crippen LogP contribution in [0.3, 0.4) is 0 Å². The molecule has 0 radical (unpaired) electrons. The first kappa shape index (κ1) is 27.1. The van der Waals surface area contributed by atoms with Gasteiger partial charge in [0.2, 0.25) is 0 Å². The fraction of sp³-hybridized carbons (Fsp3) is 0.429. The number of rotatable bonds is 5. The van der Waals surface area contributed by atoms with E-state index in [1.807, 2.05) is 0 Å². The zero-order chi connectivity index (χ0) is 14.2. The Kier molecular flexibility index (Phi) is 18.0. The fourth-order valence-corrected chi connectivity index (χ4v) is 0.714. The van der Waals surface area contributed by atoms with Crippen molar-refractivity contribution in [2.75, 3.05) is 0 Å². The molecule has 102 valence electrons. The van der Waals surface area contributed by atoms with Gasteiger partial charge in [-0.05, 0) is 0 Å². The van der Waals surface area contributed by atoms with Gasteiger partial charge in [-0.3, -0.25) is 9.59 Å². The maximum atomic E-state index is 10.3. The maximum absolute atomic E-state index is 10.3. The van der Waals surface area contributed by atoms with E-state index in [4.69, 9.17) is 35.4 Å². The smallest absolute Gasteiger partial charge is 1.00 e. The molecule has 0 fully saturated rings. The quantitative estimate of drug-likeness (QED) is 0.266. The van der Waals surface area contributed by atoms with Gasteiger partial charge in [0.05, 0.1) is 12.8 Å². The second-order valence-electron chi connectivity index (χ2n) is 2.76. The van der Waals surface area contributed by atoms with E-state index >= 15 is 0 Å². The number of hydrogen-bond donors (Lipinski definition) is 6. The molecule has 0 amide bonds. The van der Waals surface area contributed by atoms with Crippen molar-refractivity contribution < 1.29 is 112 Å². The summed E-state index contributed by atoms with van der Waals surface area (Å²) in [6.07, 6.45) is -4.12. The minimum atomic E-state index is -2.74. The van der Waals surface area contributed by atoms with Crippen LogP contribution in [0, 0.1) is 0 Å². The Bertz CT molecular complexity index is 317. The third-order valence-electron chi connectivity index (χ3n) is 1.29. The molecule has 6 N–H and O–H groups in total. The normalized spacial score (nSPS) is 8.68. The number of aliphatic carboxylic acids is 3. The van der Waals surface area contributed by atoms with Crippen LogP contribution in [0.5, 0.6) is 0 Å². The largest absolute Gasteiger partial charge is 1.00 e. The molecule has 0 saturated heterocycles.